The molecule has 0 amide bonds. The zero-order valence-corrected chi connectivity index (χ0v) is 5.75. The van der Waals surface area contributed by atoms with Gasteiger partial charge in [0.2, 0.25) is 0 Å². The Morgan fingerprint density at radius 3 is 1.22 bits per heavy atom. The third-order valence-corrected chi connectivity index (χ3v) is 0.444. The van der Waals surface area contributed by atoms with Crippen LogP contribution in [0.2, 0.25) is 0 Å². The molecular weight excluding hydrogens is 101 g/mol. The zero-order chi connectivity index (χ0) is 7.86. The van der Waals surface area contributed by atoms with E-state index in [2.05, 4.69) is 6.58 Å². The van der Waals surface area contributed by atoms with Crippen molar-refractivity contribution in [2.45, 2.75) is 6.92 Å². The Bertz CT molecular complexity index is 53.3. The molecule has 0 aromatic rings. The maximum atomic E-state index is 4.96. The summed E-state index contributed by atoms with van der Waals surface area (Å²) in [6, 6.07) is 0. The first-order valence-electron chi connectivity index (χ1n) is 2.65. The van der Waals surface area contributed by atoms with E-state index in [1.807, 2.05) is 6.92 Å². The number of allylic oxidation sites excluding steroid dienone is 1. The summed E-state index contributed by atoms with van der Waals surface area (Å²) < 4.78 is 0. The van der Waals surface area contributed by atoms with Crippen molar-refractivity contribution >= 4 is 43.7 Å². The van der Waals surface area contributed by atoms with Gasteiger partial charge in [0.25, 0.3) is 0 Å². The third-order valence-electron chi connectivity index (χ3n) is 0.444. The van der Waals surface area contributed by atoms with E-state index in [0.29, 0.717) is 0 Å². The molecule has 0 aliphatic rings. The zero-order valence-electron chi connectivity index (χ0n) is 5.75. The van der Waals surface area contributed by atoms with Crippen LogP contribution in [0.15, 0.2) is 12.7 Å². The van der Waals surface area contributed by atoms with Crippen molar-refractivity contribution in [2.75, 3.05) is 0 Å². The van der Waals surface area contributed by atoms with Gasteiger partial charge in [-0.25, -0.2) is 0 Å². The molecule has 0 fully saturated rings. The van der Waals surface area contributed by atoms with Crippen LogP contribution < -0.4 is 0 Å². The molecule has 0 unspecified atom stereocenters. The summed E-state index contributed by atoms with van der Waals surface area (Å²) >= 11 is 0. The van der Waals surface area contributed by atoms with Crippen LogP contribution in [0.1, 0.15) is 6.92 Å². The highest BCUT2D eigenvalue weighted by molar-refractivity contribution is 7.76. The Morgan fingerprint density at radius 2 is 1.22 bits per heavy atom. The van der Waals surface area contributed by atoms with Gasteiger partial charge in [-0.05, 0) is 6.92 Å². The van der Waals surface area contributed by atoms with E-state index < -0.39 is 12.8 Å². The lowest BCUT2D eigenvalue weighted by molar-refractivity contribution is 1.80. The summed E-state index contributed by atoms with van der Waals surface area (Å²) in [5.41, 5.74) is 0. The monoisotopic (exact) mass is 108 g/mol. The lowest BCUT2D eigenvalue weighted by atomic mass is 8.81. The molecule has 0 aliphatic heterocycles. The van der Waals surface area contributed by atoms with E-state index in [9.17, 15) is 0 Å². The predicted molar refractivity (Wildman–Crippen MR) is 50.4 cm³/mol. The van der Waals surface area contributed by atoms with Gasteiger partial charge in [0, 0.05) is 43.7 Å². The van der Waals surface area contributed by atoms with E-state index in [-0.39, 0.29) is 0 Å². The molecule has 0 saturated heterocycles. The van der Waals surface area contributed by atoms with Gasteiger partial charge in [0.1, 0.15) is 0 Å². The Hall–Kier alpha value is 0.130. The number of rotatable bonds is 1. The molecule has 8 radical (unpaired) electrons. The summed E-state index contributed by atoms with van der Waals surface area (Å²) in [7, 11) is 19.9. The number of hydrogen-bond donors (Lipinski definition) is 0. The minimum atomic E-state index is -0.593. The van der Waals surface area contributed by atoms with E-state index in [1.165, 1.54) is 0 Å². The molecule has 0 atom stereocenters. The largest absolute Gasteiger partial charge is 0.103 e. The fraction of sp³-hybridized carbons (Fsp3) is 0.333. The summed E-state index contributed by atoms with van der Waals surface area (Å²) in [6.45, 7) is 5.25. The summed E-state index contributed by atoms with van der Waals surface area (Å²) in [4.78, 5) is 0. The first kappa shape index (κ1) is 11.9. The highest BCUT2D eigenvalue weighted by atomic mass is 13.2. The minimum Gasteiger partial charge on any atom is -0.103 e. The van der Waals surface area contributed by atoms with Crippen LogP contribution >= 0.6 is 0 Å². The second kappa shape index (κ2) is 8.13. The van der Waals surface area contributed by atoms with Gasteiger partial charge in [0.15, 0.2) is 0 Å². The molecule has 0 nitrogen and oxygen atoms in total. The van der Waals surface area contributed by atoms with Crippen LogP contribution in [0.25, 0.3) is 0 Å². The molecular formula is C3H6B6. The maximum Gasteiger partial charge on any atom is 0 e. The molecule has 0 aliphatic carbocycles. The van der Waals surface area contributed by atoms with Crippen molar-refractivity contribution in [3.05, 3.63) is 12.7 Å². The lowest BCUT2D eigenvalue weighted by Gasteiger charge is -2.00. The van der Waals surface area contributed by atoms with Crippen LogP contribution in [0.4, 0.5) is 0 Å². The average molecular weight is 107 g/mol. The molecule has 0 heterocycles. The Labute approximate surface area is 64.0 Å². The second-order valence-corrected chi connectivity index (χ2v) is 1.56. The van der Waals surface area contributed by atoms with Crippen LogP contribution in [-0.2, 0) is 0 Å². The van der Waals surface area contributed by atoms with Gasteiger partial charge in [-0.15, -0.1) is 6.58 Å². The Kier molecular flexibility index (Phi) is 10.7. The quantitative estimate of drug-likeness (QED) is 0.295. The van der Waals surface area contributed by atoms with E-state index in [4.69, 9.17) is 30.9 Å². The van der Waals surface area contributed by atoms with Crippen molar-refractivity contribution in [1.29, 1.82) is 0 Å². The molecule has 0 saturated carbocycles. The van der Waals surface area contributed by atoms with Crippen LogP contribution in [0, 0.1) is 0 Å². The number of hydrogen-bond acceptors (Lipinski definition) is 0. The molecule has 0 bridgehead atoms. The first-order chi connectivity index (χ1) is 4.06. The van der Waals surface area contributed by atoms with Gasteiger partial charge in [0.05, 0.1) is 0 Å². The Balaban J connectivity index is 0. The summed E-state index contributed by atoms with van der Waals surface area (Å²) in [6.07, 6.45) is 0.565. The average Bonchev–Trinajstić information content (AvgIpc) is 1.68. The van der Waals surface area contributed by atoms with Gasteiger partial charge in [-0.1, -0.05) is 6.08 Å². The fourth-order valence-electron chi connectivity index (χ4n) is 0. The molecule has 0 spiro atoms. The maximum absolute atomic E-state index is 4.96. The summed E-state index contributed by atoms with van der Waals surface area (Å²) in [5.74, 6) is 0. The summed E-state index contributed by atoms with van der Waals surface area (Å²) in [5, 5.41) is 0. The van der Waals surface area contributed by atoms with E-state index >= 15 is 0 Å². The normalized spacial score (nSPS) is 6.33. The standard InChI is InChI=1S/C3H6.B6/c1-3-2;1-5(2)6(3)4/h3H,1H2,2H3;. The SMILES string of the molecule is C=CC.[B]B([B])B([B])[B]. The topological polar surface area (TPSA) is 0 Å². The molecule has 0 aromatic heterocycles. The highest BCUT2D eigenvalue weighted by Crippen LogP contribution is 1.62. The van der Waals surface area contributed by atoms with Gasteiger partial charge in [-0.2, -0.15) is 0 Å². The van der Waals surface area contributed by atoms with Crippen molar-refractivity contribution in [2.24, 2.45) is 0 Å². The van der Waals surface area contributed by atoms with Crippen molar-refractivity contribution in [3.8, 4) is 0 Å². The van der Waals surface area contributed by atoms with Crippen LogP contribution in [0.3, 0.4) is 0 Å². The van der Waals surface area contributed by atoms with Crippen molar-refractivity contribution in [3.63, 3.8) is 0 Å². The highest BCUT2D eigenvalue weighted by Gasteiger charge is 2.00. The molecule has 0 rings (SSSR count). The fourth-order valence-corrected chi connectivity index (χ4v) is 0. The predicted octanol–water partition coefficient (Wildman–Crippen LogP) is -1.09. The van der Waals surface area contributed by atoms with Crippen molar-refractivity contribution in [1.82, 2.24) is 0 Å². The molecule has 0 N–H and O–H groups in total. The van der Waals surface area contributed by atoms with E-state index in [0.717, 1.165) is 0 Å². The van der Waals surface area contributed by atoms with Crippen LogP contribution in [-0.4, -0.2) is 43.7 Å². The molecule has 9 heavy (non-hydrogen) atoms. The second-order valence-electron chi connectivity index (χ2n) is 1.56. The van der Waals surface area contributed by atoms with Crippen molar-refractivity contribution < 1.29 is 0 Å². The van der Waals surface area contributed by atoms with Gasteiger partial charge in [-0.3, -0.25) is 0 Å². The third kappa shape index (κ3) is 17.9. The van der Waals surface area contributed by atoms with Crippen LogP contribution in [0.5, 0.6) is 0 Å². The Morgan fingerprint density at radius 1 is 1.11 bits per heavy atom. The smallest absolute Gasteiger partial charge is 0 e. The molecule has 36 valence electrons. The molecule has 6 heteroatoms. The van der Waals surface area contributed by atoms with Gasteiger partial charge < -0.3 is 0 Å². The lowest BCUT2D eigenvalue weighted by Crippen LogP contribution is -2.38. The van der Waals surface area contributed by atoms with E-state index in [1.54, 1.807) is 6.08 Å². The minimum absolute atomic E-state index is 0.593. The molecule has 0 aromatic carbocycles. The van der Waals surface area contributed by atoms with Gasteiger partial charge >= 0.3 is 0 Å². The first-order valence-corrected chi connectivity index (χ1v) is 2.65.